The highest BCUT2D eigenvalue weighted by Gasteiger charge is 2.17. The van der Waals surface area contributed by atoms with Gasteiger partial charge in [0, 0.05) is 36.6 Å². The molecule has 1 atom stereocenters. The molecule has 0 bridgehead atoms. The minimum atomic E-state index is -3.90. The first-order valence-electron chi connectivity index (χ1n) is 12.8. The van der Waals surface area contributed by atoms with Gasteiger partial charge in [-0.05, 0) is 54.4 Å². The molecule has 42 heavy (non-hydrogen) atoms. The van der Waals surface area contributed by atoms with E-state index in [1.807, 2.05) is 0 Å². The molecule has 12 heteroatoms. The number of amidine groups is 1. The minimum absolute atomic E-state index is 0.0166. The van der Waals surface area contributed by atoms with Crippen LogP contribution in [-0.2, 0) is 21.3 Å². The van der Waals surface area contributed by atoms with Crippen molar-refractivity contribution < 1.29 is 22.7 Å². The van der Waals surface area contributed by atoms with E-state index in [9.17, 15) is 18.0 Å². The fraction of sp³-hybridized carbons (Fsp3) is 0.133. The molecule has 1 aromatic heterocycles. The monoisotopic (exact) mass is 586 g/mol. The average molecular weight is 587 g/mol. The number of primary sulfonamides is 1. The van der Waals surface area contributed by atoms with Crippen LogP contribution >= 0.6 is 0 Å². The van der Waals surface area contributed by atoms with Crippen LogP contribution in [0.3, 0.4) is 0 Å². The Morgan fingerprint density at radius 3 is 2.40 bits per heavy atom. The SMILES string of the molecule is CC(OC(=O)NC(=N)c1cccc(CN(C)C(=O)Nc2ccc(-c3ccccc3S(N)(=O)=O)cc2)c1)c1ccccn1. The number of anilines is 1. The number of pyridine rings is 1. The zero-order chi connectivity index (χ0) is 30.3. The number of hydrogen-bond donors (Lipinski definition) is 4. The van der Waals surface area contributed by atoms with E-state index >= 15 is 0 Å². The van der Waals surface area contributed by atoms with E-state index < -0.39 is 22.2 Å². The molecule has 5 N–H and O–H groups in total. The summed E-state index contributed by atoms with van der Waals surface area (Å²) in [5.41, 5.74) is 3.38. The summed E-state index contributed by atoms with van der Waals surface area (Å²) in [5, 5.41) is 18.9. The van der Waals surface area contributed by atoms with E-state index in [1.165, 1.54) is 11.0 Å². The van der Waals surface area contributed by atoms with Gasteiger partial charge in [0.05, 0.1) is 10.6 Å². The lowest BCUT2D eigenvalue weighted by Crippen LogP contribution is -2.32. The number of ether oxygens (including phenoxy) is 1. The van der Waals surface area contributed by atoms with Crippen molar-refractivity contribution in [2.45, 2.75) is 24.5 Å². The molecule has 4 aromatic rings. The second-order valence-electron chi connectivity index (χ2n) is 9.41. The summed E-state index contributed by atoms with van der Waals surface area (Å²) in [5.74, 6) is -0.147. The van der Waals surface area contributed by atoms with Gasteiger partial charge in [-0.2, -0.15) is 0 Å². The van der Waals surface area contributed by atoms with Gasteiger partial charge in [0.15, 0.2) is 0 Å². The predicted octanol–water partition coefficient (Wildman–Crippen LogP) is 4.87. The van der Waals surface area contributed by atoms with E-state index in [2.05, 4.69) is 15.6 Å². The Kier molecular flexibility index (Phi) is 9.30. The minimum Gasteiger partial charge on any atom is -0.440 e. The van der Waals surface area contributed by atoms with Crippen molar-refractivity contribution in [3.05, 3.63) is 114 Å². The topological polar surface area (TPSA) is 168 Å². The molecule has 11 nitrogen and oxygen atoms in total. The molecule has 216 valence electrons. The van der Waals surface area contributed by atoms with Gasteiger partial charge in [0.2, 0.25) is 10.0 Å². The maximum Gasteiger partial charge on any atom is 0.413 e. The third kappa shape index (κ3) is 7.77. The summed E-state index contributed by atoms with van der Waals surface area (Å²) in [6, 6.07) is 25.0. The van der Waals surface area contributed by atoms with Crippen molar-refractivity contribution in [1.82, 2.24) is 15.2 Å². The average Bonchev–Trinajstić information content (AvgIpc) is 2.97. The Hall–Kier alpha value is -5.07. The smallest absolute Gasteiger partial charge is 0.413 e. The van der Waals surface area contributed by atoms with Gasteiger partial charge in [0.1, 0.15) is 11.9 Å². The van der Waals surface area contributed by atoms with Crippen LogP contribution in [-0.4, -0.2) is 43.3 Å². The number of aromatic nitrogens is 1. The van der Waals surface area contributed by atoms with Crippen LogP contribution in [0.15, 0.2) is 102 Å². The van der Waals surface area contributed by atoms with Crippen LogP contribution in [0, 0.1) is 5.41 Å². The van der Waals surface area contributed by atoms with Crippen LogP contribution in [0.2, 0.25) is 0 Å². The summed E-state index contributed by atoms with van der Waals surface area (Å²) in [6.45, 7) is 1.92. The molecule has 0 spiro atoms. The molecular weight excluding hydrogens is 556 g/mol. The van der Waals surface area contributed by atoms with Crippen molar-refractivity contribution in [3.63, 3.8) is 0 Å². The highest BCUT2D eigenvalue weighted by atomic mass is 32.2. The predicted molar refractivity (Wildman–Crippen MR) is 159 cm³/mol. The van der Waals surface area contributed by atoms with Gasteiger partial charge >= 0.3 is 12.1 Å². The lowest BCUT2D eigenvalue weighted by atomic mass is 10.1. The van der Waals surface area contributed by atoms with Crippen molar-refractivity contribution in [1.29, 1.82) is 5.41 Å². The van der Waals surface area contributed by atoms with Gasteiger partial charge in [-0.3, -0.25) is 15.7 Å². The Morgan fingerprint density at radius 1 is 1.00 bits per heavy atom. The Morgan fingerprint density at radius 2 is 1.71 bits per heavy atom. The lowest BCUT2D eigenvalue weighted by molar-refractivity contribution is 0.110. The number of nitrogens with one attached hydrogen (secondary N) is 3. The fourth-order valence-corrected chi connectivity index (χ4v) is 4.88. The highest BCUT2D eigenvalue weighted by molar-refractivity contribution is 7.89. The van der Waals surface area contributed by atoms with E-state index in [-0.39, 0.29) is 23.3 Å². The molecule has 0 aliphatic rings. The molecular formula is C30H30N6O5S. The molecule has 0 radical (unpaired) electrons. The summed E-state index contributed by atoms with van der Waals surface area (Å²) in [6.07, 6.45) is 0.235. The van der Waals surface area contributed by atoms with Crippen LogP contribution in [0.5, 0.6) is 0 Å². The first-order chi connectivity index (χ1) is 20.0. The highest BCUT2D eigenvalue weighted by Crippen LogP contribution is 2.27. The quantitative estimate of drug-likeness (QED) is 0.170. The fourth-order valence-electron chi connectivity index (χ4n) is 4.12. The standard InChI is InChI=1S/C30H30N6O5S/c1-20(26-11-5-6-17-33-26)41-30(38)35-28(31)23-9-7-8-21(18-23)19-36(2)29(37)34-24-15-13-22(14-16-24)25-10-3-4-12-27(25)42(32,39)40/h3-18,20H,19H2,1-2H3,(H,34,37)(H2,31,35,38)(H2,32,39,40). The summed E-state index contributed by atoms with van der Waals surface area (Å²) < 4.78 is 29.2. The van der Waals surface area contributed by atoms with Crippen molar-refractivity contribution in [2.75, 3.05) is 12.4 Å². The van der Waals surface area contributed by atoms with Crippen LogP contribution < -0.4 is 15.8 Å². The zero-order valence-corrected chi connectivity index (χ0v) is 23.8. The number of carbonyl (C=O) groups is 2. The van der Waals surface area contributed by atoms with Crippen molar-refractivity contribution in [2.24, 2.45) is 5.14 Å². The number of alkyl carbamates (subject to hydrolysis) is 1. The number of carbonyl (C=O) groups excluding carboxylic acids is 2. The van der Waals surface area contributed by atoms with E-state index in [0.717, 1.165) is 5.56 Å². The number of hydrogen-bond acceptors (Lipinski definition) is 7. The Bertz CT molecular complexity index is 1700. The molecule has 0 fully saturated rings. The lowest BCUT2D eigenvalue weighted by Gasteiger charge is -2.19. The number of nitrogens with zero attached hydrogens (tertiary/aromatic N) is 2. The molecule has 3 aromatic carbocycles. The van der Waals surface area contributed by atoms with Gasteiger partial charge in [0.25, 0.3) is 0 Å². The summed E-state index contributed by atoms with van der Waals surface area (Å²) in [7, 11) is -2.28. The summed E-state index contributed by atoms with van der Waals surface area (Å²) >= 11 is 0. The normalized spacial score (nSPS) is 11.7. The van der Waals surface area contributed by atoms with Gasteiger partial charge in [-0.15, -0.1) is 0 Å². The Balaban J connectivity index is 1.34. The number of nitrogens with two attached hydrogens (primary N) is 1. The number of amides is 3. The first kappa shape index (κ1) is 29.9. The third-order valence-electron chi connectivity index (χ3n) is 6.24. The molecule has 4 rings (SSSR count). The second kappa shape index (κ2) is 13.1. The van der Waals surface area contributed by atoms with Gasteiger partial charge in [-0.1, -0.05) is 54.6 Å². The van der Waals surface area contributed by atoms with Crippen LogP contribution in [0.1, 0.15) is 29.8 Å². The maximum absolute atomic E-state index is 12.8. The van der Waals surface area contributed by atoms with Crippen LogP contribution in [0.25, 0.3) is 11.1 Å². The molecule has 0 aliphatic heterocycles. The molecule has 0 saturated carbocycles. The third-order valence-corrected chi connectivity index (χ3v) is 7.21. The number of sulfonamides is 1. The van der Waals surface area contributed by atoms with Crippen molar-refractivity contribution >= 4 is 33.7 Å². The number of urea groups is 1. The molecule has 0 aliphatic carbocycles. The number of rotatable bonds is 8. The molecule has 3 amide bonds. The van der Waals surface area contributed by atoms with Gasteiger partial charge in [-0.25, -0.2) is 23.1 Å². The molecule has 0 saturated heterocycles. The maximum atomic E-state index is 12.8. The first-order valence-corrected chi connectivity index (χ1v) is 14.4. The molecule has 1 unspecified atom stereocenters. The van der Waals surface area contributed by atoms with E-state index in [4.69, 9.17) is 15.3 Å². The zero-order valence-electron chi connectivity index (χ0n) is 22.9. The molecule has 1 heterocycles. The van der Waals surface area contributed by atoms with E-state index in [0.29, 0.717) is 28.1 Å². The number of benzene rings is 3. The van der Waals surface area contributed by atoms with Gasteiger partial charge < -0.3 is 15.0 Å². The van der Waals surface area contributed by atoms with Crippen molar-refractivity contribution in [3.8, 4) is 11.1 Å². The second-order valence-corrected chi connectivity index (χ2v) is 10.9. The largest absolute Gasteiger partial charge is 0.440 e. The van der Waals surface area contributed by atoms with Crippen LogP contribution in [0.4, 0.5) is 15.3 Å². The summed E-state index contributed by atoms with van der Waals surface area (Å²) in [4.78, 5) is 30.8. The Labute approximate surface area is 243 Å². The van der Waals surface area contributed by atoms with E-state index in [1.54, 1.807) is 105 Å².